The van der Waals surface area contributed by atoms with Crippen LogP contribution in [0.1, 0.15) is 25.4 Å². The number of likely N-dealkylation sites (N-methyl/N-ethyl adjacent to an activating group) is 1. The van der Waals surface area contributed by atoms with Crippen LogP contribution in [0.5, 0.6) is 0 Å². The summed E-state index contributed by atoms with van der Waals surface area (Å²) in [5, 5.41) is 9.24. The number of furan rings is 1. The number of aliphatic hydroxyl groups excluding tert-OH is 1. The highest BCUT2D eigenvalue weighted by molar-refractivity contribution is 5.78. The molecule has 0 radical (unpaired) electrons. The van der Waals surface area contributed by atoms with Crippen molar-refractivity contribution in [1.82, 2.24) is 4.90 Å². The minimum absolute atomic E-state index is 0.00391. The van der Waals surface area contributed by atoms with Gasteiger partial charge in [0.2, 0.25) is 5.91 Å². The van der Waals surface area contributed by atoms with Gasteiger partial charge in [-0.25, -0.2) is 0 Å². The summed E-state index contributed by atoms with van der Waals surface area (Å²) in [7, 11) is 1.77. The number of hydrogen-bond acceptors (Lipinski definition) is 3. The first-order valence-corrected chi connectivity index (χ1v) is 6.36. The molecule has 0 saturated carbocycles. The Morgan fingerprint density at radius 2 is 2.11 bits per heavy atom. The van der Waals surface area contributed by atoms with E-state index in [1.807, 2.05) is 32.9 Å². The van der Waals surface area contributed by atoms with E-state index in [0.29, 0.717) is 13.0 Å². The van der Waals surface area contributed by atoms with Gasteiger partial charge in [0, 0.05) is 20.0 Å². The van der Waals surface area contributed by atoms with E-state index in [-0.39, 0.29) is 24.3 Å². The molecule has 0 saturated heterocycles. The molecule has 1 unspecified atom stereocenters. The van der Waals surface area contributed by atoms with Crippen molar-refractivity contribution >= 4 is 5.91 Å². The van der Waals surface area contributed by atoms with Gasteiger partial charge in [-0.15, -0.1) is 0 Å². The Bertz CT molecular complexity index is 384. The Kier molecular flexibility index (Phi) is 5.41. The fraction of sp³-hybridized carbons (Fsp3) is 0.643. The lowest BCUT2D eigenvalue weighted by molar-refractivity contribution is -0.137. The summed E-state index contributed by atoms with van der Waals surface area (Å²) in [5.41, 5.74) is 0. The molecule has 4 nitrogen and oxygen atoms in total. The Labute approximate surface area is 109 Å². The van der Waals surface area contributed by atoms with Crippen molar-refractivity contribution in [3.05, 3.63) is 23.7 Å². The van der Waals surface area contributed by atoms with E-state index in [2.05, 4.69) is 0 Å². The van der Waals surface area contributed by atoms with Gasteiger partial charge in [0.05, 0.1) is 12.5 Å². The molecule has 1 aromatic rings. The zero-order chi connectivity index (χ0) is 13.7. The molecule has 0 spiro atoms. The summed E-state index contributed by atoms with van der Waals surface area (Å²) in [6.45, 7) is 6.31. The number of carbonyl (C=O) groups excluding carboxylic acids is 1. The number of nitrogens with zero attached hydrogens (tertiary/aromatic N) is 1. The molecule has 0 aliphatic carbocycles. The number of aryl methyl sites for hydroxylation is 1. The third kappa shape index (κ3) is 3.88. The molecule has 0 fully saturated rings. The van der Waals surface area contributed by atoms with Crippen molar-refractivity contribution in [2.24, 2.45) is 11.8 Å². The summed E-state index contributed by atoms with van der Waals surface area (Å²) >= 11 is 0. The van der Waals surface area contributed by atoms with Crippen LogP contribution in [0.25, 0.3) is 0 Å². The minimum atomic E-state index is -0.312. The third-order valence-corrected chi connectivity index (χ3v) is 3.18. The van der Waals surface area contributed by atoms with Crippen molar-refractivity contribution in [2.45, 2.75) is 27.2 Å². The molecular formula is C14H23NO3. The maximum atomic E-state index is 12.1. The molecule has 1 amide bonds. The van der Waals surface area contributed by atoms with Gasteiger partial charge in [0.25, 0.3) is 0 Å². The van der Waals surface area contributed by atoms with Crippen LogP contribution >= 0.6 is 0 Å². The van der Waals surface area contributed by atoms with E-state index < -0.39 is 0 Å². The maximum absolute atomic E-state index is 12.1. The number of carbonyl (C=O) groups is 1. The van der Waals surface area contributed by atoms with E-state index in [0.717, 1.165) is 11.5 Å². The van der Waals surface area contributed by atoms with Gasteiger partial charge < -0.3 is 14.4 Å². The first kappa shape index (κ1) is 14.8. The molecule has 0 aliphatic heterocycles. The van der Waals surface area contributed by atoms with Gasteiger partial charge in [0.15, 0.2) is 0 Å². The summed E-state index contributed by atoms with van der Waals surface area (Å²) in [4.78, 5) is 13.7. The van der Waals surface area contributed by atoms with Crippen LogP contribution in [-0.2, 0) is 11.2 Å². The highest BCUT2D eigenvalue weighted by Crippen LogP contribution is 2.14. The summed E-state index contributed by atoms with van der Waals surface area (Å²) in [5.74, 6) is 1.60. The SMILES string of the molecule is Cc1ccc(CCN(C)C(=O)C(CO)C(C)C)o1. The molecule has 0 aromatic carbocycles. The first-order valence-electron chi connectivity index (χ1n) is 6.36. The fourth-order valence-corrected chi connectivity index (χ4v) is 1.86. The molecule has 102 valence electrons. The number of amides is 1. The van der Waals surface area contributed by atoms with Gasteiger partial charge in [-0.2, -0.15) is 0 Å². The van der Waals surface area contributed by atoms with Crippen LogP contribution in [-0.4, -0.2) is 36.1 Å². The van der Waals surface area contributed by atoms with Crippen molar-refractivity contribution < 1.29 is 14.3 Å². The van der Waals surface area contributed by atoms with Crippen LogP contribution in [0.15, 0.2) is 16.5 Å². The quantitative estimate of drug-likeness (QED) is 0.842. The second-order valence-corrected chi connectivity index (χ2v) is 5.06. The Balaban J connectivity index is 2.49. The smallest absolute Gasteiger partial charge is 0.228 e. The van der Waals surface area contributed by atoms with E-state index in [4.69, 9.17) is 4.42 Å². The Morgan fingerprint density at radius 1 is 1.44 bits per heavy atom. The van der Waals surface area contributed by atoms with E-state index in [1.54, 1.807) is 11.9 Å². The molecule has 1 atom stereocenters. The van der Waals surface area contributed by atoms with Crippen LogP contribution in [0.4, 0.5) is 0 Å². The predicted molar refractivity (Wildman–Crippen MR) is 70.2 cm³/mol. The lowest BCUT2D eigenvalue weighted by Crippen LogP contribution is -2.38. The van der Waals surface area contributed by atoms with Crippen molar-refractivity contribution in [2.75, 3.05) is 20.2 Å². The lowest BCUT2D eigenvalue weighted by atomic mass is 9.95. The second kappa shape index (κ2) is 6.59. The maximum Gasteiger partial charge on any atom is 0.228 e. The Morgan fingerprint density at radius 3 is 2.56 bits per heavy atom. The molecule has 18 heavy (non-hydrogen) atoms. The molecular weight excluding hydrogens is 230 g/mol. The highest BCUT2D eigenvalue weighted by atomic mass is 16.3. The first-order chi connectivity index (χ1) is 8.45. The third-order valence-electron chi connectivity index (χ3n) is 3.18. The molecule has 4 heteroatoms. The second-order valence-electron chi connectivity index (χ2n) is 5.06. The van der Waals surface area contributed by atoms with Crippen LogP contribution in [0, 0.1) is 18.8 Å². The molecule has 0 aliphatic rings. The molecule has 0 bridgehead atoms. The molecule has 1 aromatic heterocycles. The topological polar surface area (TPSA) is 53.7 Å². The normalized spacial score (nSPS) is 12.8. The van der Waals surface area contributed by atoms with E-state index >= 15 is 0 Å². The Hall–Kier alpha value is -1.29. The molecule has 1 heterocycles. The van der Waals surface area contributed by atoms with Crippen LogP contribution in [0.3, 0.4) is 0 Å². The minimum Gasteiger partial charge on any atom is -0.466 e. The summed E-state index contributed by atoms with van der Waals surface area (Å²) in [6.07, 6.45) is 0.701. The standard InChI is InChI=1S/C14H23NO3/c1-10(2)13(9-16)14(17)15(4)8-7-12-6-5-11(3)18-12/h5-6,10,13,16H,7-9H2,1-4H3. The van der Waals surface area contributed by atoms with Gasteiger partial charge in [0.1, 0.15) is 11.5 Å². The zero-order valence-corrected chi connectivity index (χ0v) is 11.6. The lowest BCUT2D eigenvalue weighted by Gasteiger charge is -2.24. The largest absolute Gasteiger partial charge is 0.466 e. The number of aliphatic hydroxyl groups is 1. The van der Waals surface area contributed by atoms with E-state index in [1.165, 1.54) is 0 Å². The van der Waals surface area contributed by atoms with E-state index in [9.17, 15) is 9.90 Å². The average Bonchev–Trinajstić information content (AvgIpc) is 2.72. The van der Waals surface area contributed by atoms with Crippen molar-refractivity contribution in [1.29, 1.82) is 0 Å². The summed E-state index contributed by atoms with van der Waals surface area (Å²) < 4.78 is 5.46. The number of hydrogen-bond donors (Lipinski definition) is 1. The highest BCUT2D eigenvalue weighted by Gasteiger charge is 2.24. The predicted octanol–water partition coefficient (Wildman–Crippen LogP) is 1.85. The van der Waals surface area contributed by atoms with Crippen molar-refractivity contribution in [3.63, 3.8) is 0 Å². The molecule has 1 N–H and O–H groups in total. The van der Waals surface area contributed by atoms with Crippen LogP contribution < -0.4 is 0 Å². The van der Waals surface area contributed by atoms with Gasteiger partial charge in [-0.05, 0) is 25.0 Å². The summed E-state index contributed by atoms with van der Waals surface area (Å²) in [6, 6.07) is 3.85. The fourth-order valence-electron chi connectivity index (χ4n) is 1.86. The average molecular weight is 253 g/mol. The number of rotatable bonds is 6. The zero-order valence-electron chi connectivity index (χ0n) is 11.6. The van der Waals surface area contributed by atoms with Crippen molar-refractivity contribution in [3.8, 4) is 0 Å². The van der Waals surface area contributed by atoms with Gasteiger partial charge >= 0.3 is 0 Å². The molecule has 1 rings (SSSR count). The van der Waals surface area contributed by atoms with Gasteiger partial charge in [-0.3, -0.25) is 4.79 Å². The monoisotopic (exact) mass is 253 g/mol. The van der Waals surface area contributed by atoms with Crippen LogP contribution in [0.2, 0.25) is 0 Å². The van der Waals surface area contributed by atoms with Gasteiger partial charge in [-0.1, -0.05) is 13.8 Å².